The number of unbranched alkanes of at least 4 members (excludes halogenated alkanes) is 1. The topological polar surface area (TPSA) is 62.2 Å². The van der Waals surface area contributed by atoms with Gasteiger partial charge in [-0.2, -0.15) is 0 Å². The highest BCUT2D eigenvalue weighted by atomic mass is 16.5. The lowest BCUT2D eigenvalue weighted by Crippen LogP contribution is -2.36. The number of aliphatic hydroxyl groups is 2. The monoisotopic (exact) mass is 453 g/mol. The Hall–Kier alpha value is -1.84. The van der Waals surface area contributed by atoms with Crippen LogP contribution in [0.25, 0.3) is 0 Å². The smallest absolute Gasteiger partial charge is 0.126 e. The number of aliphatic hydroxyl groups excluding tert-OH is 2. The van der Waals surface area contributed by atoms with Crippen molar-refractivity contribution in [3.05, 3.63) is 41.5 Å². The fourth-order valence-corrected chi connectivity index (χ4v) is 5.46. The van der Waals surface area contributed by atoms with Crippen LogP contribution in [0.1, 0.15) is 56.6 Å². The molecule has 4 rings (SSSR count). The SMILES string of the molecule is CC#CC[C@@H](C)[C@H](O)C=C[C@@H]1[C@H]2c3cccc(CCCCN4CCOCC4)c3O[C@H]2C[C@H]1O. The Morgan fingerprint density at radius 1 is 1.24 bits per heavy atom. The van der Waals surface area contributed by atoms with Crippen LogP contribution in [0.2, 0.25) is 0 Å². The van der Waals surface area contributed by atoms with Crippen LogP contribution in [-0.4, -0.2) is 66.3 Å². The number of hydrogen-bond donors (Lipinski definition) is 2. The first kappa shape index (κ1) is 24.3. The van der Waals surface area contributed by atoms with E-state index in [0.717, 1.165) is 51.4 Å². The van der Waals surface area contributed by atoms with E-state index in [1.807, 2.05) is 26.0 Å². The molecule has 2 heterocycles. The zero-order valence-corrected chi connectivity index (χ0v) is 20.1. The van der Waals surface area contributed by atoms with Crippen molar-refractivity contribution in [3.63, 3.8) is 0 Å². The first-order valence-corrected chi connectivity index (χ1v) is 12.6. The van der Waals surface area contributed by atoms with Crippen LogP contribution in [0, 0.1) is 23.7 Å². The van der Waals surface area contributed by atoms with Gasteiger partial charge in [-0.25, -0.2) is 0 Å². The highest BCUT2D eigenvalue weighted by Gasteiger charge is 2.48. The highest BCUT2D eigenvalue weighted by Crippen LogP contribution is 2.52. The van der Waals surface area contributed by atoms with Crippen LogP contribution >= 0.6 is 0 Å². The average Bonchev–Trinajstić information content (AvgIpc) is 3.34. The largest absolute Gasteiger partial charge is 0.489 e. The zero-order chi connectivity index (χ0) is 23.2. The molecule has 1 aromatic rings. The highest BCUT2D eigenvalue weighted by molar-refractivity contribution is 5.49. The molecule has 1 aromatic carbocycles. The number of nitrogens with zero attached hydrogens (tertiary/aromatic N) is 1. The molecule has 0 amide bonds. The van der Waals surface area contributed by atoms with Crippen LogP contribution < -0.4 is 4.74 Å². The predicted octanol–water partition coefficient (Wildman–Crippen LogP) is 3.53. The van der Waals surface area contributed by atoms with E-state index >= 15 is 0 Å². The van der Waals surface area contributed by atoms with Crippen molar-refractivity contribution in [1.82, 2.24) is 4.90 Å². The Morgan fingerprint density at radius 3 is 2.85 bits per heavy atom. The molecule has 1 saturated heterocycles. The first-order valence-electron chi connectivity index (χ1n) is 12.6. The summed E-state index contributed by atoms with van der Waals surface area (Å²) in [5.41, 5.74) is 2.50. The fraction of sp³-hybridized carbons (Fsp3) is 0.643. The number of hydrogen-bond acceptors (Lipinski definition) is 5. The lowest BCUT2D eigenvalue weighted by molar-refractivity contribution is 0.0372. The Balaban J connectivity index is 1.38. The van der Waals surface area contributed by atoms with Crippen molar-refractivity contribution in [1.29, 1.82) is 0 Å². The minimum Gasteiger partial charge on any atom is -0.489 e. The lowest BCUT2D eigenvalue weighted by Gasteiger charge is -2.26. The summed E-state index contributed by atoms with van der Waals surface area (Å²) >= 11 is 0. The van der Waals surface area contributed by atoms with Crippen LogP contribution in [-0.2, 0) is 11.2 Å². The third kappa shape index (κ3) is 5.81. The van der Waals surface area contributed by atoms with Crippen LogP contribution in [0.3, 0.4) is 0 Å². The second-order valence-electron chi connectivity index (χ2n) is 9.79. The van der Waals surface area contributed by atoms with Gasteiger partial charge in [0.1, 0.15) is 11.9 Å². The minimum atomic E-state index is -0.559. The number of aryl methyl sites for hydroxylation is 1. The summed E-state index contributed by atoms with van der Waals surface area (Å²) < 4.78 is 11.9. The van der Waals surface area contributed by atoms with E-state index in [4.69, 9.17) is 9.47 Å². The predicted molar refractivity (Wildman–Crippen MR) is 130 cm³/mol. The van der Waals surface area contributed by atoms with Crippen LogP contribution in [0.4, 0.5) is 0 Å². The van der Waals surface area contributed by atoms with E-state index < -0.39 is 12.2 Å². The zero-order valence-electron chi connectivity index (χ0n) is 20.1. The van der Waals surface area contributed by atoms with Crippen molar-refractivity contribution in [2.45, 2.75) is 70.2 Å². The standard InChI is InChI=1S/C28H39NO4/c1-3-4-8-20(2)24(30)13-12-22-25(31)19-26-27(22)23-11-7-10-21(28(23)33-26)9-5-6-14-29-15-17-32-18-16-29/h7,10-13,20,22,24-27,30-31H,5-6,8-9,14-19H2,1-2H3/t20-,22+,24-,25-,26+,27+/m1/s1. The van der Waals surface area contributed by atoms with Gasteiger partial charge in [0.25, 0.3) is 0 Å². The van der Waals surface area contributed by atoms with Crippen molar-refractivity contribution in [2.24, 2.45) is 11.8 Å². The third-order valence-electron chi connectivity index (χ3n) is 7.48. The van der Waals surface area contributed by atoms with Gasteiger partial charge in [0.15, 0.2) is 0 Å². The fourth-order valence-electron chi connectivity index (χ4n) is 5.46. The molecule has 2 fully saturated rings. The number of morpholine rings is 1. The molecular formula is C28H39NO4. The van der Waals surface area contributed by atoms with Crippen molar-refractivity contribution in [3.8, 4) is 17.6 Å². The third-order valence-corrected chi connectivity index (χ3v) is 7.48. The summed E-state index contributed by atoms with van der Waals surface area (Å²) in [4.78, 5) is 2.49. The molecule has 2 aliphatic heterocycles. The Labute approximate surface area is 198 Å². The Morgan fingerprint density at radius 2 is 2.06 bits per heavy atom. The molecule has 0 unspecified atom stereocenters. The molecule has 3 aliphatic rings. The average molecular weight is 454 g/mol. The lowest BCUT2D eigenvalue weighted by atomic mass is 9.86. The molecule has 0 bridgehead atoms. The Kier molecular flexibility index (Phi) is 8.49. The van der Waals surface area contributed by atoms with Gasteiger partial charge in [0.2, 0.25) is 0 Å². The number of para-hydroxylation sites is 1. The molecule has 180 valence electrons. The quantitative estimate of drug-likeness (QED) is 0.340. The van der Waals surface area contributed by atoms with Gasteiger partial charge in [-0.1, -0.05) is 37.3 Å². The van der Waals surface area contributed by atoms with Crippen molar-refractivity contribution in [2.75, 3.05) is 32.8 Å². The Bertz CT molecular complexity index is 866. The molecule has 33 heavy (non-hydrogen) atoms. The van der Waals surface area contributed by atoms with Crippen LogP contribution in [0.15, 0.2) is 30.4 Å². The minimum absolute atomic E-state index is 0.0136. The van der Waals surface area contributed by atoms with Gasteiger partial charge < -0.3 is 19.7 Å². The molecule has 0 aromatic heterocycles. The second-order valence-corrected chi connectivity index (χ2v) is 9.79. The van der Waals surface area contributed by atoms with E-state index in [1.165, 1.54) is 17.5 Å². The maximum Gasteiger partial charge on any atom is 0.126 e. The van der Waals surface area contributed by atoms with E-state index in [9.17, 15) is 10.2 Å². The van der Waals surface area contributed by atoms with E-state index in [2.05, 4.69) is 34.9 Å². The number of ether oxygens (including phenoxy) is 2. The molecule has 0 spiro atoms. The maximum atomic E-state index is 10.7. The van der Waals surface area contributed by atoms with Crippen LogP contribution in [0.5, 0.6) is 5.75 Å². The van der Waals surface area contributed by atoms with Gasteiger partial charge >= 0.3 is 0 Å². The molecule has 6 atom stereocenters. The first-order chi connectivity index (χ1) is 16.1. The maximum absolute atomic E-state index is 10.7. The summed E-state index contributed by atoms with van der Waals surface area (Å²) in [5, 5.41) is 21.2. The van der Waals surface area contributed by atoms with E-state index in [0.29, 0.717) is 12.8 Å². The summed E-state index contributed by atoms with van der Waals surface area (Å²) in [5.74, 6) is 7.15. The van der Waals surface area contributed by atoms with E-state index in [-0.39, 0.29) is 23.9 Å². The van der Waals surface area contributed by atoms with Gasteiger partial charge in [-0.05, 0) is 44.2 Å². The van der Waals surface area contributed by atoms with Gasteiger partial charge in [-0.15, -0.1) is 11.8 Å². The van der Waals surface area contributed by atoms with Crippen molar-refractivity contribution < 1.29 is 19.7 Å². The van der Waals surface area contributed by atoms with E-state index in [1.54, 1.807) is 0 Å². The molecular weight excluding hydrogens is 414 g/mol. The van der Waals surface area contributed by atoms with Crippen molar-refractivity contribution >= 4 is 0 Å². The molecule has 1 saturated carbocycles. The number of benzene rings is 1. The number of fused-ring (bicyclic) bond motifs is 3. The second kappa shape index (κ2) is 11.5. The van der Waals surface area contributed by atoms with Gasteiger partial charge in [-0.3, -0.25) is 4.90 Å². The van der Waals surface area contributed by atoms with Gasteiger partial charge in [0, 0.05) is 43.3 Å². The summed E-state index contributed by atoms with van der Waals surface area (Å²) in [6, 6.07) is 6.48. The summed E-state index contributed by atoms with van der Waals surface area (Å²) in [6.45, 7) is 8.76. The summed E-state index contributed by atoms with van der Waals surface area (Å²) in [7, 11) is 0. The van der Waals surface area contributed by atoms with Gasteiger partial charge in [0.05, 0.1) is 25.4 Å². The number of rotatable bonds is 9. The normalized spacial score (nSPS) is 28.6. The molecule has 5 nitrogen and oxygen atoms in total. The molecule has 5 heteroatoms. The molecule has 1 aliphatic carbocycles. The molecule has 2 N–H and O–H groups in total. The summed E-state index contributed by atoms with van der Waals surface area (Å²) in [6.07, 6.45) is 7.53. The molecule has 0 radical (unpaired) electrons.